The smallest absolute Gasteiger partial charge is 0.350 e. The standard InChI is InChI=1S/C20H23ClFN4O7P/c1-10(11-2-4-12(22)5-3-11)23-17-13-6-7-26(18(13)25-20(21)24-17)19-16(28)15(27)14(33-19)8-32-9-34(29,30)31/h2-7,10,14-16,19,27-28H,8-9H2,1H3,(H,23,24,25)(H2,29,30,31)/t10?,14-,15-,16-,19-/m1/s1. The van der Waals surface area contributed by atoms with Gasteiger partial charge in [-0.3, -0.25) is 4.57 Å². The quantitative estimate of drug-likeness (QED) is 0.222. The highest BCUT2D eigenvalue weighted by molar-refractivity contribution is 7.51. The molecule has 5 N–H and O–H groups in total. The van der Waals surface area contributed by atoms with E-state index in [9.17, 15) is 19.2 Å². The maximum Gasteiger partial charge on any atom is 0.350 e. The van der Waals surface area contributed by atoms with Gasteiger partial charge < -0.3 is 39.4 Å². The Morgan fingerprint density at radius 2 is 1.94 bits per heavy atom. The van der Waals surface area contributed by atoms with Crippen LogP contribution in [-0.4, -0.2) is 65.8 Å². The van der Waals surface area contributed by atoms with Crippen molar-refractivity contribution in [2.45, 2.75) is 37.5 Å². The highest BCUT2D eigenvalue weighted by atomic mass is 35.5. The number of hydrogen-bond acceptors (Lipinski definition) is 8. The number of benzene rings is 1. The number of aliphatic hydroxyl groups excluding tert-OH is 2. The van der Waals surface area contributed by atoms with Crippen LogP contribution in [0.1, 0.15) is 24.8 Å². The Bertz CT molecular complexity index is 1210. The topological polar surface area (TPSA) is 159 Å². The molecule has 1 unspecified atom stereocenters. The molecule has 0 aliphatic carbocycles. The number of anilines is 1. The third kappa shape index (κ3) is 5.40. The Hall–Kier alpha value is -2.15. The van der Waals surface area contributed by atoms with Crippen molar-refractivity contribution >= 4 is 36.0 Å². The molecule has 2 aromatic heterocycles. The summed E-state index contributed by atoms with van der Waals surface area (Å²) in [6.07, 6.45) is -4.09. The molecule has 3 aromatic rings. The molecule has 5 atom stereocenters. The first kappa shape index (κ1) is 25.0. The molecule has 0 bridgehead atoms. The van der Waals surface area contributed by atoms with Crippen LogP contribution in [-0.2, 0) is 14.0 Å². The van der Waals surface area contributed by atoms with Crippen molar-refractivity contribution in [3.8, 4) is 0 Å². The Kier molecular flexibility index (Phi) is 7.22. The Balaban J connectivity index is 1.56. The molecular formula is C20H23ClFN4O7P. The molecule has 1 aliphatic heterocycles. The number of halogens is 2. The molecule has 0 spiro atoms. The maximum atomic E-state index is 13.2. The van der Waals surface area contributed by atoms with Crippen LogP contribution in [0.25, 0.3) is 11.0 Å². The van der Waals surface area contributed by atoms with Gasteiger partial charge in [-0.25, -0.2) is 9.37 Å². The molecule has 1 aromatic carbocycles. The number of nitrogens with zero attached hydrogens (tertiary/aromatic N) is 3. The molecule has 34 heavy (non-hydrogen) atoms. The van der Waals surface area contributed by atoms with Crippen molar-refractivity contribution in [3.05, 3.63) is 53.2 Å². The van der Waals surface area contributed by atoms with Crippen LogP contribution in [0.3, 0.4) is 0 Å². The average molecular weight is 517 g/mol. The predicted octanol–water partition coefficient (Wildman–Crippen LogP) is 2.17. The van der Waals surface area contributed by atoms with E-state index in [4.69, 9.17) is 30.9 Å². The number of fused-ring (bicyclic) bond motifs is 1. The van der Waals surface area contributed by atoms with Gasteiger partial charge in [0.15, 0.2) is 6.23 Å². The second kappa shape index (κ2) is 9.84. The van der Waals surface area contributed by atoms with Crippen molar-refractivity contribution < 1.29 is 38.4 Å². The lowest BCUT2D eigenvalue weighted by Gasteiger charge is -2.19. The van der Waals surface area contributed by atoms with Crippen molar-refractivity contribution in [1.82, 2.24) is 14.5 Å². The van der Waals surface area contributed by atoms with E-state index in [2.05, 4.69) is 15.3 Å². The number of aliphatic hydroxyl groups is 2. The van der Waals surface area contributed by atoms with Gasteiger partial charge in [-0.15, -0.1) is 0 Å². The summed E-state index contributed by atoms with van der Waals surface area (Å²) in [4.78, 5) is 26.3. The summed E-state index contributed by atoms with van der Waals surface area (Å²) in [7, 11) is -4.39. The summed E-state index contributed by atoms with van der Waals surface area (Å²) in [6, 6.07) is 7.45. The van der Waals surface area contributed by atoms with E-state index < -0.39 is 38.5 Å². The van der Waals surface area contributed by atoms with Crippen LogP contribution < -0.4 is 5.32 Å². The summed E-state index contributed by atoms with van der Waals surface area (Å²) < 4.78 is 36.3. The van der Waals surface area contributed by atoms with E-state index >= 15 is 0 Å². The Morgan fingerprint density at radius 1 is 1.24 bits per heavy atom. The van der Waals surface area contributed by atoms with Gasteiger partial charge in [-0.1, -0.05) is 12.1 Å². The van der Waals surface area contributed by atoms with Crippen LogP contribution in [0.4, 0.5) is 10.2 Å². The van der Waals surface area contributed by atoms with Gasteiger partial charge in [-0.2, -0.15) is 4.98 Å². The summed E-state index contributed by atoms with van der Waals surface area (Å²) in [5, 5.41) is 24.6. The SMILES string of the molecule is CC(Nc1nc(Cl)nc2c1ccn2[C@@H]1O[C@H](COCP(=O)(O)O)[C@@H](O)[C@H]1O)c1ccc(F)cc1. The number of ether oxygens (including phenoxy) is 2. The molecule has 1 aliphatic rings. The first-order valence-electron chi connectivity index (χ1n) is 10.2. The van der Waals surface area contributed by atoms with Crippen molar-refractivity contribution in [3.63, 3.8) is 0 Å². The fourth-order valence-corrected chi connectivity index (χ4v) is 4.25. The minimum atomic E-state index is -4.39. The minimum Gasteiger partial charge on any atom is -0.387 e. The summed E-state index contributed by atoms with van der Waals surface area (Å²) in [6.45, 7) is 1.53. The second-order valence-electron chi connectivity index (χ2n) is 7.93. The molecule has 184 valence electrons. The highest BCUT2D eigenvalue weighted by Gasteiger charge is 2.44. The molecular weight excluding hydrogens is 494 g/mol. The van der Waals surface area contributed by atoms with Crippen LogP contribution in [0.15, 0.2) is 36.5 Å². The van der Waals surface area contributed by atoms with Gasteiger partial charge in [0, 0.05) is 12.2 Å². The summed E-state index contributed by atoms with van der Waals surface area (Å²) >= 11 is 6.14. The van der Waals surface area contributed by atoms with Gasteiger partial charge in [-0.05, 0) is 42.3 Å². The van der Waals surface area contributed by atoms with Crippen LogP contribution in [0.5, 0.6) is 0 Å². The second-order valence-corrected chi connectivity index (χ2v) is 9.86. The Labute approximate surface area is 198 Å². The van der Waals surface area contributed by atoms with Crippen molar-refractivity contribution in [1.29, 1.82) is 0 Å². The molecule has 11 nitrogen and oxygen atoms in total. The monoisotopic (exact) mass is 516 g/mol. The zero-order chi connectivity index (χ0) is 24.6. The number of nitrogens with one attached hydrogen (secondary N) is 1. The highest BCUT2D eigenvalue weighted by Crippen LogP contribution is 2.37. The van der Waals surface area contributed by atoms with E-state index in [0.29, 0.717) is 16.9 Å². The molecule has 4 rings (SSSR count). The first-order valence-corrected chi connectivity index (χ1v) is 12.4. The van der Waals surface area contributed by atoms with Crippen LogP contribution >= 0.6 is 19.2 Å². The third-order valence-corrected chi connectivity index (χ3v) is 6.11. The minimum absolute atomic E-state index is 0.0733. The fraction of sp³-hybridized carbons (Fsp3) is 0.400. The van der Waals surface area contributed by atoms with Crippen molar-refractivity contribution in [2.24, 2.45) is 0 Å². The normalized spacial score (nSPS) is 24.0. The van der Waals surface area contributed by atoms with Gasteiger partial charge in [0.05, 0.1) is 12.0 Å². The molecule has 3 heterocycles. The molecule has 0 saturated carbocycles. The molecule has 14 heteroatoms. The van der Waals surface area contributed by atoms with E-state index in [1.807, 2.05) is 6.92 Å². The molecule has 0 amide bonds. The zero-order valence-corrected chi connectivity index (χ0v) is 19.5. The van der Waals surface area contributed by atoms with Crippen LogP contribution in [0, 0.1) is 5.82 Å². The lowest BCUT2D eigenvalue weighted by molar-refractivity contribution is -0.0610. The number of rotatable bonds is 8. The average Bonchev–Trinajstić information content (AvgIpc) is 3.29. The molecule has 1 fully saturated rings. The van der Waals surface area contributed by atoms with Gasteiger partial charge in [0.25, 0.3) is 0 Å². The summed E-state index contributed by atoms with van der Waals surface area (Å²) in [5.41, 5.74) is 1.14. The number of aromatic nitrogens is 3. The van der Waals surface area contributed by atoms with Gasteiger partial charge in [0.2, 0.25) is 5.28 Å². The Morgan fingerprint density at radius 3 is 2.62 bits per heavy atom. The van der Waals surface area contributed by atoms with Gasteiger partial charge in [0.1, 0.15) is 41.9 Å². The van der Waals surface area contributed by atoms with Gasteiger partial charge >= 0.3 is 7.60 Å². The molecule has 0 radical (unpaired) electrons. The maximum absolute atomic E-state index is 13.2. The van der Waals surface area contributed by atoms with E-state index in [1.54, 1.807) is 24.4 Å². The van der Waals surface area contributed by atoms with Crippen LogP contribution in [0.2, 0.25) is 5.28 Å². The summed E-state index contributed by atoms with van der Waals surface area (Å²) in [5.74, 6) is 0.0587. The van der Waals surface area contributed by atoms with E-state index in [1.165, 1.54) is 16.7 Å². The van der Waals surface area contributed by atoms with Crippen molar-refractivity contribution in [2.75, 3.05) is 18.3 Å². The predicted molar refractivity (Wildman–Crippen MR) is 120 cm³/mol. The molecule has 1 saturated heterocycles. The fourth-order valence-electron chi connectivity index (χ4n) is 3.75. The third-order valence-electron chi connectivity index (χ3n) is 5.42. The first-order chi connectivity index (χ1) is 16.0. The number of hydrogen-bond donors (Lipinski definition) is 5. The lowest BCUT2D eigenvalue weighted by atomic mass is 10.1. The van der Waals surface area contributed by atoms with E-state index in [-0.39, 0.29) is 23.7 Å². The zero-order valence-electron chi connectivity index (χ0n) is 17.8. The largest absolute Gasteiger partial charge is 0.387 e. The van der Waals surface area contributed by atoms with E-state index in [0.717, 1.165) is 5.56 Å². The lowest BCUT2D eigenvalue weighted by Crippen LogP contribution is -2.33.